The molecule has 0 atom stereocenters. The van der Waals surface area contributed by atoms with Crippen molar-refractivity contribution in [1.82, 2.24) is 15.2 Å². The average molecular weight is 413 g/mol. The van der Waals surface area contributed by atoms with Crippen LogP contribution in [0.4, 0.5) is 0 Å². The van der Waals surface area contributed by atoms with Gasteiger partial charge in [0.2, 0.25) is 0 Å². The molecule has 154 valence electrons. The Morgan fingerprint density at radius 1 is 1.00 bits per heavy atom. The second kappa shape index (κ2) is 7.60. The van der Waals surface area contributed by atoms with E-state index in [4.69, 9.17) is 4.42 Å². The number of carbonyl (C=O) groups excluding carboxylic acids is 3. The van der Waals surface area contributed by atoms with Gasteiger partial charge in [0.15, 0.2) is 0 Å². The van der Waals surface area contributed by atoms with Crippen LogP contribution in [-0.2, 0) is 13.0 Å². The van der Waals surface area contributed by atoms with Crippen molar-refractivity contribution in [3.63, 3.8) is 0 Å². The highest BCUT2D eigenvalue weighted by Crippen LogP contribution is 2.26. The highest BCUT2D eigenvalue weighted by molar-refractivity contribution is 6.22. The first kappa shape index (κ1) is 18.9. The lowest BCUT2D eigenvalue weighted by molar-refractivity contribution is 0.0631. The highest BCUT2D eigenvalue weighted by Gasteiger charge is 2.36. The summed E-state index contributed by atoms with van der Waals surface area (Å²) in [7, 11) is 0. The van der Waals surface area contributed by atoms with E-state index in [2.05, 4.69) is 10.3 Å². The van der Waals surface area contributed by atoms with Crippen molar-refractivity contribution in [2.75, 3.05) is 6.54 Å². The first-order valence-corrected chi connectivity index (χ1v) is 9.97. The summed E-state index contributed by atoms with van der Waals surface area (Å²) in [5.41, 5.74) is 3.07. The second-order valence-electron chi connectivity index (χ2n) is 7.40. The number of nitrogens with one attached hydrogen (secondary N) is 2. The van der Waals surface area contributed by atoms with E-state index >= 15 is 0 Å². The zero-order valence-corrected chi connectivity index (χ0v) is 16.6. The summed E-state index contributed by atoms with van der Waals surface area (Å²) in [6.45, 7) is 0.515. The number of carbonyl (C=O) groups is 3. The Morgan fingerprint density at radius 2 is 1.84 bits per heavy atom. The maximum atomic E-state index is 12.7. The van der Waals surface area contributed by atoms with Crippen LogP contribution in [0.25, 0.3) is 10.9 Å². The number of hydrogen-bond acceptors (Lipinski definition) is 4. The summed E-state index contributed by atoms with van der Waals surface area (Å²) in [5, 5.41) is 4.02. The highest BCUT2D eigenvalue weighted by atomic mass is 16.3. The van der Waals surface area contributed by atoms with Crippen molar-refractivity contribution in [1.29, 1.82) is 0 Å². The Bertz CT molecular complexity index is 1300. The lowest BCUT2D eigenvalue weighted by Crippen LogP contribution is -2.28. The summed E-state index contributed by atoms with van der Waals surface area (Å²) >= 11 is 0. The van der Waals surface area contributed by atoms with E-state index in [1.165, 1.54) is 18.4 Å². The van der Waals surface area contributed by atoms with Gasteiger partial charge in [0.05, 0.1) is 23.9 Å². The summed E-state index contributed by atoms with van der Waals surface area (Å²) in [6.07, 6.45) is 4.12. The Kier molecular flexibility index (Phi) is 4.63. The van der Waals surface area contributed by atoms with Gasteiger partial charge in [-0.1, -0.05) is 18.2 Å². The molecule has 0 saturated heterocycles. The first-order valence-electron chi connectivity index (χ1n) is 9.97. The summed E-state index contributed by atoms with van der Waals surface area (Å²) in [5.74, 6) is -0.579. The molecular weight excluding hydrogens is 394 g/mol. The second-order valence-corrected chi connectivity index (χ2v) is 7.40. The number of imide groups is 1. The molecule has 2 aromatic heterocycles. The minimum atomic E-state index is -0.426. The van der Waals surface area contributed by atoms with Gasteiger partial charge >= 0.3 is 0 Å². The van der Waals surface area contributed by atoms with Crippen molar-refractivity contribution in [3.05, 3.63) is 95.1 Å². The number of rotatable bonds is 6. The molecule has 0 fully saturated rings. The first-order chi connectivity index (χ1) is 15.1. The number of para-hydroxylation sites is 1. The van der Waals surface area contributed by atoms with Crippen LogP contribution in [0, 0.1) is 0 Å². The van der Waals surface area contributed by atoms with Gasteiger partial charge in [0, 0.05) is 29.2 Å². The van der Waals surface area contributed by atoms with Gasteiger partial charge in [-0.25, -0.2) is 0 Å². The predicted molar refractivity (Wildman–Crippen MR) is 114 cm³/mol. The third-order valence-corrected chi connectivity index (χ3v) is 5.48. The molecule has 2 N–H and O–H groups in total. The molecule has 3 heterocycles. The van der Waals surface area contributed by atoms with E-state index < -0.39 is 5.91 Å². The molecule has 31 heavy (non-hydrogen) atoms. The quantitative estimate of drug-likeness (QED) is 0.473. The number of benzene rings is 2. The molecule has 0 radical (unpaired) electrons. The normalized spacial score (nSPS) is 13.1. The van der Waals surface area contributed by atoms with Crippen LogP contribution in [0.5, 0.6) is 0 Å². The minimum Gasteiger partial charge on any atom is -0.467 e. The third kappa shape index (κ3) is 3.40. The number of hydrogen-bond donors (Lipinski definition) is 2. The zero-order chi connectivity index (χ0) is 21.4. The van der Waals surface area contributed by atoms with Gasteiger partial charge in [-0.05, 0) is 48.4 Å². The van der Waals surface area contributed by atoms with Crippen LogP contribution < -0.4 is 5.32 Å². The summed E-state index contributed by atoms with van der Waals surface area (Å²) in [4.78, 5) is 42.3. The monoisotopic (exact) mass is 413 g/mol. The fraction of sp³-hybridized carbons (Fsp3) is 0.125. The molecule has 3 amide bonds. The molecular formula is C24H19N3O4. The smallest absolute Gasteiger partial charge is 0.261 e. The molecule has 0 spiro atoms. The molecule has 1 aliphatic heterocycles. The maximum absolute atomic E-state index is 12.7. The number of aromatic nitrogens is 1. The predicted octanol–water partition coefficient (Wildman–Crippen LogP) is 3.53. The number of nitrogens with zero attached hydrogens (tertiary/aromatic N) is 1. The van der Waals surface area contributed by atoms with Crippen molar-refractivity contribution in [3.8, 4) is 0 Å². The topological polar surface area (TPSA) is 95.4 Å². The Hall–Kier alpha value is -4.13. The van der Waals surface area contributed by atoms with Gasteiger partial charge in [-0.3, -0.25) is 19.3 Å². The van der Waals surface area contributed by atoms with Crippen molar-refractivity contribution in [2.24, 2.45) is 0 Å². The Balaban J connectivity index is 1.27. The molecule has 2 aromatic carbocycles. The van der Waals surface area contributed by atoms with E-state index in [1.807, 2.05) is 30.5 Å². The molecule has 0 unspecified atom stereocenters. The van der Waals surface area contributed by atoms with Crippen molar-refractivity contribution in [2.45, 2.75) is 13.0 Å². The van der Waals surface area contributed by atoms with Crippen LogP contribution >= 0.6 is 0 Å². The lowest BCUT2D eigenvalue weighted by atomic mass is 10.1. The lowest BCUT2D eigenvalue weighted by Gasteiger charge is -2.11. The fourth-order valence-electron chi connectivity index (χ4n) is 3.89. The van der Waals surface area contributed by atoms with E-state index in [-0.39, 0.29) is 23.9 Å². The van der Waals surface area contributed by atoms with Crippen LogP contribution in [0.2, 0.25) is 0 Å². The molecule has 1 aliphatic rings. The minimum absolute atomic E-state index is 0.0610. The molecule has 4 aromatic rings. The molecule has 0 aliphatic carbocycles. The zero-order valence-electron chi connectivity index (χ0n) is 16.6. The van der Waals surface area contributed by atoms with Gasteiger partial charge in [0.1, 0.15) is 5.76 Å². The van der Waals surface area contributed by atoms with Crippen molar-refractivity contribution >= 4 is 28.6 Å². The number of fused-ring (bicyclic) bond motifs is 2. The molecule has 5 rings (SSSR count). The molecule has 0 saturated carbocycles. The molecule has 0 bridgehead atoms. The van der Waals surface area contributed by atoms with Crippen LogP contribution in [0.3, 0.4) is 0 Å². The van der Waals surface area contributed by atoms with Crippen LogP contribution in [0.1, 0.15) is 42.4 Å². The maximum Gasteiger partial charge on any atom is 0.261 e. The fourth-order valence-corrected chi connectivity index (χ4v) is 3.89. The van der Waals surface area contributed by atoms with Crippen LogP contribution in [0.15, 0.2) is 71.5 Å². The van der Waals surface area contributed by atoms with E-state index in [0.717, 1.165) is 21.4 Å². The van der Waals surface area contributed by atoms with Crippen molar-refractivity contribution < 1.29 is 18.8 Å². The summed E-state index contributed by atoms with van der Waals surface area (Å²) < 4.78 is 5.24. The SMILES string of the molecule is O=C(NCCc1c[nH]c2ccccc12)c1ccc2c(c1)C(=O)N(Cc1ccco1)C2=O. The number of H-pyrrole nitrogens is 1. The van der Waals surface area contributed by atoms with Crippen LogP contribution in [-0.4, -0.2) is 34.2 Å². The number of aromatic amines is 1. The van der Waals surface area contributed by atoms with Gasteiger partial charge < -0.3 is 14.7 Å². The van der Waals surface area contributed by atoms with Gasteiger partial charge in [-0.2, -0.15) is 0 Å². The number of furan rings is 1. The third-order valence-electron chi connectivity index (χ3n) is 5.48. The Labute approximate surface area is 177 Å². The van der Waals surface area contributed by atoms with Gasteiger partial charge in [0.25, 0.3) is 17.7 Å². The Morgan fingerprint density at radius 3 is 2.68 bits per heavy atom. The number of amides is 3. The van der Waals surface area contributed by atoms with Gasteiger partial charge in [-0.15, -0.1) is 0 Å². The largest absolute Gasteiger partial charge is 0.467 e. The van der Waals surface area contributed by atoms with E-state index in [1.54, 1.807) is 18.2 Å². The standard InChI is InChI=1S/C24H19N3O4/c28-22(25-10-9-16-13-26-21-6-2-1-5-18(16)21)15-7-8-19-20(12-15)24(30)27(23(19)29)14-17-4-3-11-31-17/h1-8,11-13,26H,9-10,14H2,(H,25,28). The van der Waals surface area contributed by atoms with E-state index in [9.17, 15) is 14.4 Å². The molecule has 7 heteroatoms. The molecule has 7 nitrogen and oxygen atoms in total. The summed E-state index contributed by atoms with van der Waals surface area (Å²) in [6, 6.07) is 16.0. The van der Waals surface area contributed by atoms with E-state index in [0.29, 0.717) is 29.9 Å². The average Bonchev–Trinajstić information content (AvgIpc) is 3.50.